The number of nitrogens with zero attached hydrogens (tertiary/aromatic N) is 3. The van der Waals surface area contributed by atoms with Crippen LogP contribution >= 0.6 is 0 Å². The highest BCUT2D eigenvalue weighted by molar-refractivity contribution is 5.92. The second-order valence-corrected chi connectivity index (χ2v) is 7.59. The Bertz CT molecular complexity index is 1100. The third-order valence-corrected chi connectivity index (χ3v) is 5.20. The zero-order chi connectivity index (χ0) is 22.3. The molecule has 32 heavy (non-hydrogen) atoms. The van der Waals surface area contributed by atoms with Crippen molar-refractivity contribution < 1.29 is 12.4 Å². The minimum absolute atomic E-state index is 0. The highest BCUT2D eigenvalue weighted by Crippen LogP contribution is 2.25. The largest absolute Gasteiger partial charge is 0.487 e. The molecular weight excluding hydrogens is 406 g/mol. The highest BCUT2D eigenvalue weighted by atomic mass is 16.5. The van der Waals surface area contributed by atoms with Gasteiger partial charge in [0.05, 0.1) is 24.1 Å². The molecule has 0 aromatic carbocycles. The van der Waals surface area contributed by atoms with Crippen molar-refractivity contribution in [1.82, 2.24) is 20.3 Å². The van der Waals surface area contributed by atoms with Crippen LogP contribution in [0.3, 0.4) is 0 Å². The number of nitrogens with one attached hydrogen (secondary N) is 4. The van der Waals surface area contributed by atoms with Crippen molar-refractivity contribution >= 4 is 29.4 Å². The van der Waals surface area contributed by atoms with Crippen molar-refractivity contribution in [3.8, 4) is 5.75 Å². The Kier molecular flexibility index (Phi) is 6.54. The summed E-state index contributed by atoms with van der Waals surface area (Å²) >= 11 is 0. The molecular formula is C23H29N7O2. The SMILES string of the molecule is Cc1cc(Nc2cnc(NC(=O)N[C@H]3CCC[C@@H]3Oc3cccnc3)cc2C=N)ccn1.[HH].[HH]. The molecule has 9 nitrogen and oxygen atoms in total. The first-order chi connectivity index (χ1) is 15.6. The number of amides is 2. The highest BCUT2D eigenvalue weighted by Gasteiger charge is 2.30. The van der Waals surface area contributed by atoms with Crippen LogP contribution in [0.1, 0.15) is 33.4 Å². The molecule has 4 rings (SSSR count). The molecule has 0 bridgehead atoms. The maximum absolute atomic E-state index is 12.6. The molecule has 3 aromatic rings. The van der Waals surface area contributed by atoms with Gasteiger partial charge in [-0.15, -0.1) is 0 Å². The topological polar surface area (TPSA) is 125 Å². The van der Waals surface area contributed by atoms with Crippen molar-refractivity contribution in [2.24, 2.45) is 0 Å². The number of carbonyl (C=O) groups is 1. The molecule has 1 aliphatic rings. The minimum Gasteiger partial charge on any atom is -0.487 e. The van der Waals surface area contributed by atoms with E-state index in [0.29, 0.717) is 22.8 Å². The molecule has 3 aromatic heterocycles. The van der Waals surface area contributed by atoms with Gasteiger partial charge in [-0.1, -0.05) is 0 Å². The molecule has 1 saturated carbocycles. The summed E-state index contributed by atoms with van der Waals surface area (Å²) in [5.41, 5.74) is 2.99. The van der Waals surface area contributed by atoms with E-state index in [1.54, 1.807) is 30.9 Å². The smallest absolute Gasteiger partial charge is 0.320 e. The van der Waals surface area contributed by atoms with Crippen LogP contribution in [0.15, 0.2) is 55.1 Å². The predicted octanol–water partition coefficient (Wildman–Crippen LogP) is 4.53. The fraction of sp³-hybridized carbons (Fsp3) is 0.261. The molecule has 0 aliphatic heterocycles. The van der Waals surface area contributed by atoms with E-state index in [4.69, 9.17) is 10.1 Å². The van der Waals surface area contributed by atoms with Crippen molar-refractivity contribution in [2.75, 3.05) is 10.6 Å². The fourth-order valence-electron chi connectivity index (χ4n) is 3.69. The van der Waals surface area contributed by atoms with Gasteiger partial charge in [-0.25, -0.2) is 9.78 Å². The molecule has 2 amide bonds. The lowest BCUT2D eigenvalue weighted by atomic mass is 10.2. The van der Waals surface area contributed by atoms with E-state index in [9.17, 15) is 4.79 Å². The Labute approximate surface area is 189 Å². The molecule has 0 spiro atoms. The molecule has 0 saturated heterocycles. The van der Waals surface area contributed by atoms with Gasteiger partial charge in [0.1, 0.15) is 17.7 Å². The number of anilines is 3. The Morgan fingerprint density at radius 2 is 2.12 bits per heavy atom. The third kappa shape index (κ3) is 5.37. The third-order valence-electron chi connectivity index (χ3n) is 5.20. The molecule has 3 heterocycles. The van der Waals surface area contributed by atoms with Crippen LogP contribution in [0.2, 0.25) is 0 Å². The first kappa shape index (κ1) is 21.2. The Hall–Kier alpha value is -4.01. The number of hydrogen-bond acceptors (Lipinski definition) is 7. The number of hydrogen-bond donors (Lipinski definition) is 4. The lowest BCUT2D eigenvalue weighted by Gasteiger charge is -2.22. The number of rotatable bonds is 7. The fourth-order valence-corrected chi connectivity index (χ4v) is 3.69. The van der Waals surface area contributed by atoms with Crippen LogP contribution in [0.25, 0.3) is 0 Å². The van der Waals surface area contributed by atoms with Crippen molar-refractivity contribution in [2.45, 2.75) is 38.3 Å². The minimum atomic E-state index is -0.356. The molecule has 1 fully saturated rings. The van der Waals surface area contributed by atoms with Gasteiger partial charge in [-0.05, 0) is 56.5 Å². The number of carbonyl (C=O) groups excluding carboxylic acids is 1. The van der Waals surface area contributed by atoms with Crippen molar-refractivity contribution in [3.05, 3.63) is 66.4 Å². The summed E-state index contributed by atoms with van der Waals surface area (Å²) in [5.74, 6) is 1.05. The van der Waals surface area contributed by atoms with Crippen LogP contribution in [0.5, 0.6) is 5.75 Å². The molecule has 9 heteroatoms. The zero-order valence-corrected chi connectivity index (χ0v) is 17.7. The first-order valence-electron chi connectivity index (χ1n) is 10.4. The average molecular weight is 436 g/mol. The van der Waals surface area contributed by atoms with E-state index >= 15 is 0 Å². The summed E-state index contributed by atoms with van der Waals surface area (Å²) < 4.78 is 5.99. The first-order valence-corrected chi connectivity index (χ1v) is 10.4. The quantitative estimate of drug-likeness (QED) is 0.404. The van der Waals surface area contributed by atoms with Gasteiger partial charge in [-0.3, -0.25) is 15.3 Å². The van der Waals surface area contributed by atoms with Crippen molar-refractivity contribution in [1.29, 1.82) is 5.41 Å². The zero-order valence-electron chi connectivity index (χ0n) is 17.7. The lowest BCUT2D eigenvalue weighted by Crippen LogP contribution is -2.44. The molecule has 2 atom stereocenters. The summed E-state index contributed by atoms with van der Waals surface area (Å²) in [6, 6.07) is 8.61. The number of ether oxygens (including phenoxy) is 1. The van der Waals surface area contributed by atoms with Gasteiger partial charge in [0.15, 0.2) is 0 Å². The second kappa shape index (κ2) is 9.86. The molecule has 0 unspecified atom stereocenters. The van der Waals surface area contributed by atoms with Gasteiger partial charge in [0.2, 0.25) is 0 Å². The number of pyridine rings is 3. The van der Waals surface area contributed by atoms with E-state index in [-0.39, 0.29) is 21.0 Å². The summed E-state index contributed by atoms with van der Waals surface area (Å²) in [5, 5.41) is 16.7. The monoisotopic (exact) mass is 435 g/mol. The van der Waals surface area contributed by atoms with E-state index < -0.39 is 0 Å². The standard InChI is InChI=1S/C23H25N7O2.2H2/c1-15-10-17(7-9-26-15)28-20-14-27-22(11-16(20)12-24)30-23(31)29-19-5-2-6-21(19)32-18-4-3-8-25-13-18;;/h3-4,7-14,19,21,24H,2,5-6H2,1H3,(H,26,28)(H2,27,29,30,31);2*1H/t19-,21-;;/m0../s1. The Balaban J connectivity index is 0.00000204. The van der Waals surface area contributed by atoms with Crippen LogP contribution in [0.4, 0.5) is 22.0 Å². The molecule has 168 valence electrons. The van der Waals surface area contributed by atoms with Gasteiger partial charge in [0.25, 0.3) is 0 Å². The van der Waals surface area contributed by atoms with Crippen molar-refractivity contribution in [3.63, 3.8) is 0 Å². The Morgan fingerprint density at radius 3 is 2.91 bits per heavy atom. The molecule has 0 radical (unpaired) electrons. The van der Waals surface area contributed by atoms with Gasteiger partial charge < -0.3 is 20.8 Å². The van der Waals surface area contributed by atoms with Crippen LogP contribution in [0, 0.1) is 12.3 Å². The molecule has 4 N–H and O–H groups in total. The van der Waals surface area contributed by atoms with Crippen LogP contribution < -0.4 is 20.7 Å². The second-order valence-electron chi connectivity index (χ2n) is 7.59. The molecule has 1 aliphatic carbocycles. The van der Waals surface area contributed by atoms with E-state index in [1.807, 2.05) is 31.2 Å². The van der Waals surface area contributed by atoms with Gasteiger partial charge >= 0.3 is 6.03 Å². The maximum atomic E-state index is 12.6. The van der Waals surface area contributed by atoms with E-state index in [1.165, 1.54) is 6.21 Å². The number of aromatic nitrogens is 3. The summed E-state index contributed by atoms with van der Waals surface area (Å²) in [7, 11) is 0. The van der Waals surface area contributed by atoms with E-state index in [0.717, 1.165) is 30.6 Å². The Morgan fingerprint density at radius 1 is 1.22 bits per heavy atom. The van der Waals surface area contributed by atoms with Gasteiger partial charge in [-0.2, -0.15) is 0 Å². The normalized spacial score (nSPS) is 17.4. The lowest BCUT2D eigenvalue weighted by molar-refractivity contribution is 0.174. The van der Waals surface area contributed by atoms with Crippen LogP contribution in [-0.4, -0.2) is 39.3 Å². The summed E-state index contributed by atoms with van der Waals surface area (Å²) in [6.07, 6.45) is 10.5. The number of aryl methyl sites for hydroxylation is 1. The van der Waals surface area contributed by atoms with E-state index in [2.05, 4.69) is 30.9 Å². The van der Waals surface area contributed by atoms with Gasteiger partial charge in [0, 0.05) is 38.4 Å². The maximum Gasteiger partial charge on any atom is 0.320 e. The average Bonchev–Trinajstić information content (AvgIpc) is 3.21. The van der Waals surface area contributed by atoms with Crippen LogP contribution in [-0.2, 0) is 0 Å². The summed E-state index contributed by atoms with van der Waals surface area (Å²) in [6.45, 7) is 1.91. The summed E-state index contributed by atoms with van der Waals surface area (Å²) in [4.78, 5) is 25.1. The predicted molar refractivity (Wildman–Crippen MR) is 127 cm³/mol. The number of urea groups is 1.